The van der Waals surface area contributed by atoms with Gasteiger partial charge in [-0.25, -0.2) is 0 Å². The molecule has 5 heteroatoms. The quantitative estimate of drug-likeness (QED) is 0.673. The number of nitrogens with one attached hydrogen (secondary N) is 2. The van der Waals surface area contributed by atoms with Crippen LogP contribution in [0.3, 0.4) is 0 Å². The van der Waals surface area contributed by atoms with Crippen LogP contribution in [-0.4, -0.2) is 25.0 Å². The normalized spacial score (nSPS) is 10.2. The number of anilines is 1. The molecule has 2 aromatic rings. The van der Waals surface area contributed by atoms with E-state index in [1.807, 2.05) is 24.3 Å². The summed E-state index contributed by atoms with van der Waals surface area (Å²) in [4.78, 5) is 24.0. The Morgan fingerprint density at radius 1 is 1.04 bits per heavy atom. The second-order valence-electron chi connectivity index (χ2n) is 6.02. The molecule has 2 amide bonds. The molecule has 0 spiro atoms. The fraction of sp³-hybridized carbons (Fsp3) is 0.333. The predicted octanol–water partition coefficient (Wildman–Crippen LogP) is 3.80. The Morgan fingerprint density at radius 2 is 1.81 bits per heavy atom. The van der Waals surface area contributed by atoms with Gasteiger partial charge in [-0.2, -0.15) is 0 Å². The molecule has 0 radical (unpaired) electrons. The highest BCUT2D eigenvalue weighted by Crippen LogP contribution is 2.14. The number of carbonyl (C=O) groups is 2. The maximum atomic E-state index is 12.0. The molecule has 0 aliphatic heterocycles. The third-order valence-electron chi connectivity index (χ3n) is 3.92. The Labute approximate surface area is 154 Å². The average molecular weight is 354 g/mol. The molecule has 0 heterocycles. The van der Waals surface area contributed by atoms with Crippen molar-refractivity contribution in [2.24, 2.45) is 0 Å². The number of unbranched alkanes of at least 4 members (excludes halogenated alkanes) is 1. The molecule has 138 valence electrons. The summed E-state index contributed by atoms with van der Waals surface area (Å²) in [7, 11) is 0. The first-order chi connectivity index (χ1) is 12.6. The van der Waals surface area contributed by atoms with Crippen LogP contribution >= 0.6 is 0 Å². The largest absolute Gasteiger partial charge is 0.484 e. The molecule has 0 bridgehead atoms. The summed E-state index contributed by atoms with van der Waals surface area (Å²) in [5.41, 5.74) is 2.37. The van der Waals surface area contributed by atoms with E-state index >= 15 is 0 Å². The SMILES string of the molecule is CCCCNC(=O)c1ccc(NC(=O)COc2cccc(CC)c2)cc1. The van der Waals surface area contributed by atoms with Crippen LogP contribution in [0.2, 0.25) is 0 Å². The maximum Gasteiger partial charge on any atom is 0.262 e. The third-order valence-corrected chi connectivity index (χ3v) is 3.92. The van der Waals surface area contributed by atoms with Crippen molar-refractivity contribution < 1.29 is 14.3 Å². The van der Waals surface area contributed by atoms with Gasteiger partial charge in [0.05, 0.1) is 0 Å². The number of ether oxygens (including phenoxy) is 1. The summed E-state index contributed by atoms with van der Waals surface area (Å²) in [6.07, 6.45) is 2.92. The maximum absolute atomic E-state index is 12.0. The van der Waals surface area contributed by atoms with Gasteiger partial charge in [0.25, 0.3) is 11.8 Å². The second kappa shape index (κ2) is 10.2. The lowest BCUT2D eigenvalue weighted by Gasteiger charge is -2.09. The van der Waals surface area contributed by atoms with Crippen LogP contribution in [0, 0.1) is 0 Å². The lowest BCUT2D eigenvalue weighted by molar-refractivity contribution is -0.118. The standard InChI is InChI=1S/C21H26N2O3/c1-3-5-13-22-21(25)17-9-11-18(12-10-17)23-20(24)15-26-19-8-6-7-16(4-2)14-19/h6-12,14H,3-5,13,15H2,1-2H3,(H,22,25)(H,23,24). The lowest BCUT2D eigenvalue weighted by Crippen LogP contribution is -2.24. The molecule has 0 fully saturated rings. The van der Waals surface area contributed by atoms with E-state index in [4.69, 9.17) is 4.74 Å². The fourth-order valence-electron chi connectivity index (χ4n) is 2.39. The number of aryl methyl sites for hydroxylation is 1. The second-order valence-corrected chi connectivity index (χ2v) is 6.02. The monoisotopic (exact) mass is 354 g/mol. The Hall–Kier alpha value is -2.82. The summed E-state index contributed by atoms with van der Waals surface area (Å²) in [6, 6.07) is 14.5. The average Bonchev–Trinajstić information content (AvgIpc) is 2.67. The Bertz CT molecular complexity index is 726. The Morgan fingerprint density at radius 3 is 2.50 bits per heavy atom. The van der Waals surface area contributed by atoms with Crippen LogP contribution in [0.5, 0.6) is 5.75 Å². The van der Waals surface area contributed by atoms with Gasteiger partial charge in [-0.1, -0.05) is 32.4 Å². The molecule has 2 rings (SSSR count). The van der Waals surface area contributed by atoms with E-state index in [1.165, 1.54) is 0 Å². The van der Waals surface area contributed by atoms with Crippen molar-refractivity contribution in [3.63, 3.8) is 0 Å². The smallest absolute Gasteiger partial charge is 0.262 e. The molecular formula is C21H26N2O3. The highest BCUT2D eigenvalue weighted by molar-refractivity contribution is 5.96. The van der Waals surface area contributed by atoms with Crippen molar-refractivity contribution in [2.75, 3.05) is 18.5 Å². The van der Waals surface area contributed by atoms with Gasteiger partial charge >= 0.3 is 0 Å². The highest BCUT2D eigenvalue weighted by atomic mass is 16.5. The topological polar surface area (TPSA) is 67.4 Å². The van der Waals surface area contributed by atoms with Gasteiger partial charge in [0.1, 0.15) is 5.75 Å². The molecule has 2 aromatic carbocycles. The molecule has 26 heavy (non-hydrogen) atoms. The summed E-state index contributed by atoms with van der Waals surface area (Å²) < 4.78 is 5.52. The molecule has 0 unspecified atom stereocenters. The molecule has 5 nitrogen and oxygen atoms in total. The van der Waals surface area contributed by atoms with E-state index in [-0.39, 0.29) is 18.4 Å². The predicted molar refractivity (Wildman–Crippen MR) is 104 cm³/mol. The number of hydrogen-bond donors (Lipinski definition) is 2. The number of hydrogen-bond acceptors (Lipinski definition) is 3. The first kappa shape index (κ1) is 19.5. The minimum atomic E-state index is -0.243. The van der Waals surface area contributed by atoms with Crippen molar-refractivity contribution in [3.8, 4) is 5.75 Å². The lowest BCUT2D eigenvalue weighted by atomic mass is 10.2. The first-order valence-corrected chi connectivity index (χ1v) is 9.02. The van der Waals surface area contributed by atoms with Gasteiger partial charge in [0, 0.05) is 17.8 Å². The fourth-order valence-corrected chi connectivity index (χ4v) is 2.39. The van der Waals surface area contributed by atoms with Gasteiger partial charge in [-0.15, -0.1) is 0 Å². The molecule has 2 N–H and O–H groups in total. The molecule has 0 saturated carbocycles. The van der Waals surface area contributed by atoms with Crippen molar-refractivity contribution in [1.82, 2.24) is 5.32 Å². The van der Waals surface area contributed by atoms with Crippen molar-refractivity contribution in [3.05, 3.63) is 59.7 Å². The van der Waals surface area contributed by atoms with Crippen LogP contribution in [0.1, 0.15) is 42.6 Å². The zero-order valence-electron chi connectivity index (χ0n) is 15.4. The molecular weight excluding hydrogens is 328 g/mol. The van der Waals surface area contributed by atoms with E-state index in [1.54, 1.807) is 24.3 Å². The Balaban J connectivity index is 1.82. The summed E-state index contributed by atoms with van der Waals surface area (Å²) in [6.45, 7) is 4.75. The molecule has 0 aliphatic carbocycles. The molecule has 0 atom stereocenters. The summed E-state index contributed by atoms with van der Waals surface area (Å²) in [5, 5.41) is 5.63. The minimum Gasteiger partial charge on any atom is -0.484 e. The number of rotatable bonds is 9. The van der Waals surface area contributed by atoms with Crippen LogP contribution in [0.25, 0.3) is 0 Å². The third kappa shape index (κ3) is 6.24. The van der Waals surface area contributed by atoms with Gasteiger partial charge < -0.3 is 15.4 Å². The van der Waals surface area contributed by atoms with Gasteiger partial charge in [0.2, 0.25) is 0 Å². The van der Waals surface area contributed by atoms with Gasteiger partial charge in [-0.05, 0) is 54.8 Å². The van der Waals surface area contributed by atoms with E-state index in [0.29, 0.717) is 23.5 Å². The van der Waals surface area contributed by atoms with Crippen molar-refractivity contribution in [1.29, 1.82) is 0 Å². The van der Waals surface area contributed by atoms with Crippen molar-refractivity contribution >= 4 is 17.5 Å². The Kier molecular flexibility index (Phi) is 7.68. The summed E-state index contributed by atoms with van der Waals surface area (Å²) in [5.74, 6) is 0.334. The molecule has 0 aliphatic rings. The van der Waals surface area contributed by atoms with Crippen LogP contribution in [-0.2, 0) is 11.2 Å². The van der Waals surface area contributed by atoms with Crippen LogP contribution < -0.4 is 15.4 Å². The zero-order chi connectivity index (χ0) is 18.8. The highest BCUT2D eigenvalue weighted by Gasteiger charge is 2.07. The van der Waals surface area contributed by atoms with E-state index < -0.39 is 0 Å². The van der Waals surface area contributed by atoms with E-state index in [9.17, 15) is 9.59 Å². The van der Waals surface area contributed by atoms with Crippen LogP contribution in [0.15, 0.2) is 48.5 Å². The zero-order valence-corrected chi connectivity index (χ0v) is 15.4. The first-order valence-electron chi connectivity index (χ1n) is 9.02. The molecule has 0 saturated heterocycles. The summed E-state index contributed by atoms with van der Waals surface area (Å²) >= 11 is 0. The number of amides is 2. The van der Waals surface area contributed by atoms with Gasteiger partial charge in [0.15, 0.2) is 6.61 Å². The minimum absolute atomic E-state index is 0.0631. The van der Waals surface area contributed by atoms with E-state index in [0.717, 1.165) is 24.8 Å². The van der Waals surface area contributed by atoms with Crippen LogP contribution in [0.4, 0.5) is 5.69 Å². The molecule has 0 aromatic heterocycles. The van der Waals surface area contributed by atoms with E-state index in [2.05, 4.69) is 24.5 Å². The van der Waals surface area contributed by atoms with Gasteiger partial charge in [-0.3, -0.25) is 9.59 Å². The number of benzene rings is 2. The van der Waals surface area contributed by atoms with Crippen molar-refractivity contribution in [2.45, 2.75) is 33.1 Å². The number of carbonyl (C=O) groups excluding carboxylic acids is 2.